The molecule has 2 aromatic carbocycles. The standard InChI is InChI=1S/C23H29N3O4S/c1-3-4-12-24-31(29,30)21-7-5-6-20(14-21)25-23(28)19-13-22(27)26(16-19)15-18-10-8-17(2)9-11-18/h5-11,14,19,24H,3-4,12-13,15-16H2,1-2H3,(H,25,28). The number of unbranched alkanes of at least 4 members (excludes halogenated alkanes) is 1. The Hall–Kier alpha value is -2.71. The van der Waals surface area contributed by atoms with Gasteiger partial charge in [-0.05, 0) is 37.1 Å². The molecule has 3 rings (SSSR count). The van der Waals surface area contributed by atoms with E-state index >= 15 is 0 Å². The Morgan fingerprint density at radius 3 is 2.61 bits per heavy atom. The summed E-state index contributed by atoms with van der Waals surface area (Å²) >= 11 is 0. The summed E-state index contributed by atoms with van der Waals surface area (Å²) in [5.74, 6) is -0.814. The van der Waals surface area contributed by atoms with Crippen LogP contribution in [0.5, 0.6) is 0 Å². The van der Waals surface area contributed by atoms with E-state index in [1.807, 2.05) is 38.1 Å². The van der Waals surface area contributed by atoms with Crippen molar-refractivity contribution in [3.63, 3.8) is 0 Å². The summed E-state index contributed by atoms with van der Waals surface area (Å²) in [7, 11) is -3.63. The van der Waals surface area contributed by atoms with Crippen molar-refractivity contribution in [2.75, 3.05) is 18.4 Å². The number of hydrogen-bond donors (Lipinski definition) is 2. The van der Waals surface area contributed by atoms with E-state index in [1.54, 1.807) is 17.0 Å². The Bertz CT molecular complexity index is 1040. The number of nitrogens with one attached hydrogen (secondary N) is 2. The molecule has 0 spiro atoms. The predicted molar refractivity (Wildman–Crippen MR) is 120 cm³/mol. The van der Waals surface area contributed by atoms with Gasteiger partial charge in [-0.2, -0.15) is 0 Å². The predicted octanol–water partition coefficient (Wildman–Crippen LogP) is 3.06. The molecule has 0 saturated carbocycles. The summed E-state index contributed by atoms with van der Waals surface area (Å²) in [5, 5.41) is 2.77. The molecule has 2 amide bonds. The summed E-state index contributed by atoms with van der Waals surface area (Å²) < 4.78 is 27.4. The van der Waals surface area contributed by atoms with Gasteiger partial charge in [0, 0.05) is 31.7 Å². The molecule has 8 heteroatoms. The van der Waals surface area contributed by atoms with Gasteiger partial charge in [-0.15, -0.1) is 0 Å². The van der Waals surface area contributed by atoms with E-state index < -0.39 is 15.9 Å². The van der Waals surface area contributed by atoms with Crippen molar-refractivity contribution in [1.82, 2.24) is 9.62 Å². The zero-order valence-corrected chi connectivity index (χ0v) is 18.7. The third-order valence-electron chi connectivity index (χ3n) is 5.31. The molecule has 2 N–H and O–H groups in total. The molecule has 1 heterocycles. The van der Waals surface area contributed by atoms with E-state index in [4.69, 9.17) is 0 Å². The fourth-order valence-corrected chi connectivity index (χ4v) is 4.59. The van der Waals surface area contributed by atoms with E-state index in [1.165, 1.54) is 12.1 Å². The van der Waals surface area contributed by atoms with Crippen LogP contribution in [0.15, 0.2) is 53.4 Å². The number of hydrogen-bond acceptors (Lipinski definition) is 4. The van der Waals surface area contributed by atoms with Crippen LogP contribution in [0, 0.1) is 12.8 Å². The highest BCUT2D eigenvalue weighted by Gasteiger charge is 2.34. The highest BCUT2D eigenvalue weighted by molar-refractivity contribution is 7.89. The van der Waals surface area contributed by atoms with E-state index in [9.17, 15) is 18.0 Å². The van der Waals surface area contributed by atoms with Crippen LogP contribution in [0.2, 0.25) is 0 Å². The van der Waals surface area contributed by atoms with Crippen LogP contribution >= 0.6 is 0 Å². The fourth-order valence-electron chi connectivity index (χ4n) is 3.47. The number of carbonyl (C=O) groups excluding carboxylic acids is 2. The Labute approximate surface area is 183 Å². The van der Waals surface area contributed by atoms with Gasteiger partial charge >= 0.3 is 0 Å². The van der Waals surface area contributed by atoms with Crippen molar-refractivity contribution < 1.29 is 18.0 Å². The first-order chi connectivity index (χ1) is 14.8. The number of sulfonamides is 1. The lowest BCUT2D eigenvalue weighted by atomic mass is 10.1. The van der Waals surface area contributed by atoms with Gasteiger partial charge in [0.1, 0.15) is 0 Å². The van der Waals surface area contributed by atoms with Crippen LogP contribution in [0.25, 0.3) is 0 Å². The molecule has 166 valence electrons. The monoisotopic (exact) mass is 443 g/mol. The Morgan fingerprint density at radius 1 is 1.16 bits per heavy atom. The minimum absolute atomic E-state index is 0.0582. The molecule has 1 fully saturated rings. The average molecular weight is 444 g/mol. The first kappa shape index (κ1) is 23.0. The van der Waals surface area contributed by atoms with E-state index in [0.717, 1.165) is 24.0 Å². The Balaban J connectivity index is 1.61. The van der Waals surface area contributed by atoms with Crippen molar-refractivity contribution in [2.45, 2.75) is 44.6 Å². The third-order valence-corrected chi connectivity index (χ3v) is 6.77. The second kappa shape index (κ2) is 10.1. The van der Waals surface area contributed by atoms with Crippen molar-refractivity contribution in [2.24, 2.45) is 5.92 Å². The van der Waals surface area contributed by atoms with Crippen molar-refractivity contribution in [3.8, 4) is 0 Å². The van der Waals surface area contributed by atoms with Gasteiger partial charge < -0.3 is 10.2 Å². The minimum atomic E-state index is -3.63. The number of carbonyl (C=O) groups is 2. The third kappa shape index (κ3) is 6.15. The maximum atomic E-state index is 12.7. The molecule has 1 saturated heterocycles. The van der Waals surface area contributed by atoms with Gasteiger partial charge in [0.25, 0.3) is 0 Å². The molecule has 0 radical (unpaired) electrons. The summed E-state index contributed by atoms with van der Waals surface area (Å²) in [5.41, 5.74) is 2.57. The number of benzene rings is 2. The second-order valence-electron chi connectivity index (χ2n) is 7.93. The molecule has 1 unspecified atom stereocenters. The molecule has 1 aliphatic rings. The molecule has 2 aromatic rings. The number of nitrogens with zero attached hydrogens (tertiary/aromatic N) is 1. The molecule has 31 heavy (non-hydrogen) atoms. The SMILES string of the molecule is CCCCNS(=O)(=O)c1cccc(NC(=O)C2CC(=O)N(Cc3ccc(C)cc3)C2)c1. The van der Waals surface area contributed by atoms with Crippen LogP contribution < -0.4 is 10.0 Å². The molecule has 0 aliphatic carbocycles. The van der Waals surface area contributed by atoms with Gasteiger partial charge in [-0.25, -0.2) is 13.1 Å². The smallest absolute Gasteiger partial charge is 0.240 e. The largest absolute Gasteiger partial charge is 0.338 e. The van der Waals surface area contributed by atoms with Crippen LogP contribution in [-0.2, 0) is 26.2 Å². The quantitative estimate of drug-likeness (QED) is 0.582. The minimum Gasteiger partial charge on any atom is -0.338 e. The molecule has 7 nitrogen and oxygen atoms in total. The highest BCUT2D eigenvalue weighted by atomic mass is 32.2. The van der Waals surface area contributed by atoms with E-state index in [-0.39, 0.29) is 23.1 Å². The Morgan fingerprint density at radius 2 is 1.90 bits per heavy atom. The van der Waals surface area contributed by atoms with Crippen LogP contribution in [-0.4, -0.2) is 38.2 Å². The molecular weight excluding hydrogens is 414 g/mol. The molecule has 1 aliphatic heterocycles. The lowest BCUT2D eigenvalue weighted by Crippen LogP contribution is -2.28. The van der Waals surface area contributed by atoms with Gasteiger partial charge in [-0.3, -0.25) is 9.59 Å². The maximum Gasteiger partial charge on any atom is 0.240 e. The highest BCUT2D eigenvalue weighted by Crippen LogP contribution is 2.23. The number of rotatable bonds is 9. The van der Waals surface area contributed by atoms with Crippen LogP contribution in [0.4, 0.5) is 5.69 Å². The first-order valence-corrected chi connectivity index (χ1v) is 12.0. The van der Waals surface area contributed by atoms with E-state index in [2.05, 4.69) is 10.0 Å². The number of amides is 2. The average Bonchev–Trinajstić information content (AvgIpc) is 3.10. The first-order valence-electron chi connectivity index (χ1n) is 10.5. The topological polar surface area (TPSA) is 95.6 Å². The summed E-state index contributed by atoms with van der Waals surface area (Å²) in [6.07, 6.45) is 1.79. The van der Waals surface area contributed by atoms with Crippen molar-refractivity contribution in [1.29, 1.82) is 0 Å². The van der Waals surface area contributed by atoms with Crippen molar-refractivity contribution in [3.05, 3.63) is 59.7 Å². The van der Waals surface area contributed by atoms with Gasteiger partial charge in [0.15, 0.2) is 0 Å². The Kier molecular flexibility index (Phi) is 7.46. The van der Waals surface area contributed by atoms with Crippen LogP contribution in [0.1, 0.15) is 37.3 Å². The fraction of sp³-hybridized carbons (Fsp3) is 0.391. The lowest BCUT2D eigenvalue weighted by Gasteiger charge is -2.17. The number of anilines is 1. The van der Waals surface area contributed by atoms with Crippen molar-refractivity contribution >= 4 is 27.5 Å². The van der Waals surface area contributed by atoms with Gasteiger partial charge in [0.2, 0.25) is 21.8 Å². The molecular formula is C23H29N3O4S. The van der Waals surface area contributed by atoms with Gasteiger partial charge in [0.05, 0.1) is 10.8 Å². The summed E-state index contributed by atoms with van der Waals surface area (Å²) in [4.78, 5) is 26.9. The van der Waals surface area contributed by atoms with E-state index in [0.29, 0.717) is 25.3 Å². The number of likely N-dealkylation sites (tertiary alicyclic amines) is 1. The molecule has 1 atom stereocenters. The second-order valence-corrected chi connectivity index (χ2v) is 9.70. The maximum absolute atomic E-state index is 12.7. The normalized spacial score (nSPS) is 16.5. The zero-order chi connectivity index (χ0) is 22.4. The van der Waals surface area contributed by atoms with Crippen LogP contribution in [0.3, 0.4) is 0 Å². The molecule has 0 aromatic heterocycles. The lowest BCUT2D eigenvalue weighted by molar-refractivity contribution is -0.128. The van der Waals surface area contributed by atoms with Gasteiger partial charge in [-0.1, -0.05) is 49.2 Å². The summed E-state index contributed by atoms with van der Waals surface area (Å²) in [6.45, 7) is 5.18. The summed E-state index contributed by atoms with van der Waals surface area (Å²) in [6, 6.07) is 14.1. The number of aryl methyl sites for hydroxylation is 1. The molecule has 0 bridgehead atoms. The zero-order valence-electron chi connectivity index (χ0n) is 17.9.